The van der Waals surface area contributed by atoms with Gasteiger partial charge in [-0.3, -0.25) is 4.79 Å². The fourth-order valence-electron chi connectivity index (χ4n) is 2.18. The smallest absolute Gasteiger partial charge is 0.222 e. The van der Waals surface area contributed by atoms with Crippen LogP contribution in [-0.2, 0) is 11.2 Å². The molecule has 1 amide bonds. The largest absolute Gasteiger partial charge is 0.496 e. The van der Waals surface area contributed by atoms with Gasteiger partial charge >= 0.3 is 0 Å². The fraction of sp³-hybridized carbons (Fsp3) is 0.588. The zero-order valence-electron chi connectivity index (χ0n) is 13.8. The molecule has 0 saturated heterocycles. The van der Waals surface area contributed by atoms with Gasteiger partial charge in [-0.1, -0.05) is 18.2 Å². The molecule has 1 rings (SSSR count). The van der Waals surface area contributed by atoms with Crippen LogP contribution in [0.3, 0.4) is 0 Å². The van der Waals surface area contributed by atoms with Crippen LogP contribution in [0, 0.1) is 0 Å². The minimum absolute atomic E-state index is 0.120. The quantitative estimate of drug-likeness (QED) is 0.840. The number of nitrogens with zero attached hydrogens (tertiary/aromatic N) is 1. The molecule has 2 N–H and O–H groups in total. The highest BCUT2D eigenvalue weighted by Gasteiger charge is 2.20. The Bertz CT molecular complexity index is 466. The molecule has 118 valence electrons. The van der Waals surface area contributed by atoms with Crippen molar-refractivity contribution >= 4 is 5.91 Å². The Balaban J connectivity index is 2.61. The van der Waals surface area contributed by atoms with E-state index < -0.39 is 0 Å². The molecule has 0 aliphatic carbocycles. The lowest BCUT2D eigenvalue weighted by molar-refractivity contribution is -0.132. The van der Waals surface area contributed by atoms with E-state index in [4.69, 9.17) is 10.5 Å². The minimum Gasteiger partial charge on any atom is -0.496 e. The van der Waals surface area contributed by atoms with Crippen LogP contribution in [-0.4, -0.2) is 36.5 Å². The third-order valence-corrected chi connectivity index (χ3v) is 3.75. The third-order valence-electron chi connectivity index (χ3n) is 3.75. The monoisotopic (exact) mass is 292 g/mol. The summed E-state index contributed by atoms with van der Waals surface area (Å²) in [6.07, 6.45) is 1.95. The molecular weight excluding hydrogens is 264 g/mol. The molecule has 4 heteroatoms. The number of ether oxygens (including phenoxy) is 1. The summed E-state index contributed by atoms with van der Waals surface area (Å²) in [6.45, 7) is 5.94. The van der Waals surface area contributed by atoms with E-state index in [1.807, 2.05) is 45.2 Å². The Morgan fingerprint density at radius 1 is 1.38 bits per heavy atom. The predicted molar refractivity (Wildman–Crippen MR) is 86.4 cm³/mol. The van der Waals surface area contributed by atoms with Crippen molar-refractivity contribution < 1.29 is 9.53 Å². The highest BCUT2D eigenvalue weighted by Crippen LogP contribution is 2.20. The van der Waals surface area contributed by atoms with Gasteiger partial charge in [0.05, 0.1) is 7.11 Å². The van der Waals surface area contributed by atoms with E-state index in [-0.39, 0.29) is 17.5 Å². The normalized spacial score (nSPS) is 12.9. The number of hydrogen-bond acceptors (Lipinski definition) is 3. The second-order valence-corrected chi connectivity index (χ2v) is 6.36. The number of likely N-dealkylation sites (N-methyl/N-ethyl adjacent to an activating group) is 1. The van der Waals surface area contributed by atoms with Gasteiger partial charge in [0.2, 0.25) is 5.91 Å². The van der Waals surface area contributed by atoms with E-state index in [0.717, 1.165) is 17.7 Å². The first-order chi connectivity index (χ1) is 9.74. The number of methoxy groups -OCH3 is 1. The third kappa shape index (κ3) is 5.76. The SMILES string of the molecule is COc1ccccc1CC(C)N(C)C(=O)CCC(C)(C)N. The average molecular weight is 292 g/mol. The van der Waals surface area contributed by atoms with Crippen molar-refractivity contribution in [2.24, 2.45) is 5.73 Å². The van der Waals surface area contributed by atoms with Crippen LogP contribution in [0.4, 0.5) is 0 Å². The maximum absolute atomic E-state index is 12.2. The number of para-hydroxylation sites is 1. The Kier molecular flexibility index (Phi) is 6.21. The summed E-state index contributed by atoms with van der Waals surface area (Å²) in [5, 5.41) is 0. The van der Waals surface area contributed by atoms with Crippen molar-refractivity contribution in [2.45, 2.75) is 51.6 Å². The zero-order valence-corrected chi connectivity index (χ0v) is 13.8. The fourth-order valence-corrected chi connectivity index (χ4v) is 2.18. The molecule has 0 bridgehead atoms. The molecule has 1 aromatic carbocycles. The summed E-state index contributed by atoms with van der Waals surface area (Å²) in [6, 6.07) is 8.04. The van der Waals surface area contributed by atoms with Crippen molar-refractivity contribution in [1.82, 2.24) is 4.90 Å². The van der Waals surface area contributed by atoms with Gasteiger partial charge in [-0.15, -0.1) is 0 Å². The number of carbonyl (C=O) groups excluding carboxylic acids is 1. The summed E-state index contributed by atoms with van der Waals surface area (Å²) >= 11 is 0. The maximum Gasteiger partial charge on any atom is 0.222 e. The molecule has 0 radical (unpaired) electrons. The van der Waals surface area contributed by atoms with Gasteiger partial charge in [-0.25, -0.2) is 0 Å². The lowest BCUT2D eigenvalue weighted by Gasteiger charge is -2.27. The van der Waals surface area contributed by atoms with Crippen LogP contribution >= 0.6 is 0 Å². The highest BCUT2D eigenvalue weighted by molar-refractivity contribution is 5.76. The van der Waals surface area contributed by atoms with Crippen molar-refractivity contribution in [1.29, 1.82) is 0 Å². The molecule has 1 unspecified atom stereocenters. The Morgan fingerprint density at radius 3 is 2.57 bits per heavy atom. The van der Waals surface area contributed by atoms with Crippen LogP contribution in [0.15, 0.2) is 24.3 Å². The molecule has 1 aromatic rings. The van der Waals surface area contributed by atoms with Crippen molar-refractivity contribution in [3.05, 3.63) is 29.8 Å². The number of nitrogens with two attached hydrogens (primary N) is 1. The van der Waals surface area contributed by atoms with Gasteiger partial charge < -0.3 is 15.4 Å². The van der Waals surface area contributed by atoms with E-state index in [9.17, 15) is 4.79 Å². The summed E-state index contributed by atoms with van der Waals surface area (Å²) in [7, 11) is 3.52. The Morgan fingerprint density at radius 2 is 2.00 bits per heavy atom. The van der Waals surface area contributed by atoms with Gasteiger partial charge in [-0.05, 0) is 45.2 Å². The van der Waals surface area contributed by atoms with Crippen LogP contribution in [0.5, 0.6) is 5.75 Å². The standard InChI is InChI=1S/C17H28N2O2/c1-13(12-14-8-6-7-9-15(14)21-5)19(4)16(20)10-11-17(2,3)18/h6-9,13H,10-12,18H2,1-5H3. The molecule has 1 atom stereocenters. The second kappa shape index (κ2) is 7.46. The molecule has 0 aromatic heterocycles. The summed E-state index contributed by atoms with van der Waals surface area (Å²) in [4.78, 5) is 14.0. The van der Waals surface area contributed by atoms with Crippen LogP contribution in [0.25, 0.3) is 0 Å². The molecule has 0 spiro atoms. The molecule has 0 aliphatic heterocycles. The van der Waals surface area contributed by atoms with Crippen LogP contribution in [0.2, 0.25) is 0 Å². The van der Waals surface area contributed by atoms with E-state index >= 15 is 0 Å². The Labute approximate surface area is 128 Å². The van der Waals surface area contributed by atoms with Crippen molar-refractivity contribution in [3.8, 4) is 5.75 Å². The van der Waals surface area contributed by atoms with E-state index in [2.05, 4.69) is 6.92 Å². The Hall–Kier alpha value is -1.55. The van der Waals surface area contributed by atoms with Gasteiger partial charge in [0.25, 0.3) is 0 Å². The zero-order chi connectivity index (χ0) is 16.0. The van der Waals surface area contributed by atoms with E-state index in [0.29, 0.717) is 12.8 Å². The molecular formula is C17H28N2O2. The lowest BCUT2D eigenvalue weighted by atomic mass is 9.99. The van der Waals surface area contributed by atoms with E-state index in [1.165, 1.54) is 0 Å². The van der Waals surface area contributed by atoms with Gasteiger partial charge in [-0.2, -0.15) is 0 Å². The van der Waals surface area contributed by atoms with Crippen molar-refractivity contribution in [2.75, 3.05) is 14.2 Å². The second-order valence-electron chi connectivity index (χ2n) is 6.36. The molecule has 0 fully saturated rings. The molecule has 4 nitrogen and oxygen atoms in total. The average Bonchev–Trinajstić information content (AvgIpc) is 2.43. The number of amides is 1. The highest BCUT2D eigenvalue weighted by atomic mass is 16.5. The molecule has 0 heterocycles. The number of benzene rings is 1. The first kappa shape index (κ1) is 17.5. The molecule has 0 aliphatic rings. The predicted octanol–water partition coefficient (Wildman–Crippen LogP) is 2.60. The molecule has 0 saturated carbocycles. The van der Waals surface area contributed by atoms with Gasteiger partial charge in [0, 0.05) is 25.0 Å². The number of rotatable bonds is 7. The van der Waals surface area contributed by atoms with E-state index in [1.54, 1.807) is 12.0 Å². The van der Waals surface area contributed by atoms with Gasteiger partial charge in [0.15, 0.2) is 0 Å². The van der Waals surface area contributed by atoms with Crippen LogP contribution < -0.4 is 10.5 Å². The topological polar surface area (TPSA) is 55.6 Å². The van der Waals surface area contributed by atoms with Gasteiger partial charge in [0.1, 0.15) is 5.75 Å². The minimum atomic E-state index is -0.303. The first-order valence-corrected chi connectivity index (χ1v) is 7.41. The summed E-state index contributed by atoms with van der Waals surface area (Å²) in [5.74, 6) is 1.00. The van der Waals surface area contributed by atoms with Crippen molar-refractivity contribution in [3.63, 3.8) is 0 Å². The summed E-state index contributed by atoms with van der Waals surface area (Å²) in [5.41, 5.74) is 6.75. The summed E-state index contributed by atoms with van der Waals surface area (Å²) < 4.78 is 5.36. The maximum atomic E-state index is 12.2. The lowest BCUT2D eigenvalue weighted by Crippen LogP contribution is -2.39. The first-order valence-electron chi connectivity index (χ1n) is 7.41. The number of hydrogen-bond donors (Lipinski definition) is 1. The number of carbonyl (C=O) groups is 1. The van der Waals surface area contributed by atoms with Crippen LogP contribution in [0.1, 0.15) is 39.2 Å². The molecule has 21 heavy (non-hydrogen) atoms.